The molecule has 1 aliphatic rings. The highest BCUT2D eigenvalue weighted by molar-refractivity contribution is 8.17. The molecular formula is C23H19N3O4S2. The summed E-state index contributed by atoms with van der Waals surface area (Å²) in [6.45, 7) is 0. The molecule has 3 aromatic rings. The third-order valence-corrected chi connectivity index (χ3v) is 7.54. The number of rotatable bonds is 6. The van der Waals surface area contributed by atoms with Crippen molar-refractivity contribution < 1.29 is 18.0 Å². The molecule has 7 nitrogen and oxygen atoms in total. The maximum absolute atomic E-state index is 13.3. The van der Waals surface area contributed by atoms with Crippen LogP contribution in [-0.2, 0) is 19.6 Å². The monoisotopic (exact) mass is 465 g/mol. The highest BCUT2D eigenvalue weighted by Crippen LogP contribution is 2.35. The normalized spacial score (nSPS) is 17.5. The van der Waals surface area contributed by atoms with E-state index in [-0.39, 0.29) is 22.4 Å². The lowest BCUT2D eigenvalue weighted by molar-refractivity contribution is -0.125. The van der Waals surface area contributed by atoms with Crippen LogP contribution in [0.25, 0.3) is 0 Å². The van der Waals surface area contributed by atoms with Crippen LogP contribution < -0.4 is 5.32 Å². The summed E-state index contributed by atoms with van der Waals surface area (Å²) in [4.78, 5) is 30.1. The van der Waals surface area contributed by atoms with Crippen molar-refractivity contribution in [1.82, 2.24) is 4.31 Å². The Morgan fingerprint density at radius 1 is 0.906 bits per heavy atom. The number of aliphatic imine (C=N–C) groups is 1. The summed E-state index contributed by atoms with van der Waals surface area (Å²) in [5.41, 5.74) is 1.10. The number of para-hydroxylation sites is 2. The fourth-order valence-corrected chi connectivity index (χ4v) is 5.94. The minimum Gasteiger partial charge on any atom is -0.326 e. The lowest BCUT2D eigenvalue weighted by Crippen LogP contribution is -2.38. The molecule has 9 heteroatoms. The van der Waals surface area contributed by atoms with Gasteiger partial charge < -0.3 is 5.32 Å². The Kier molecular flexibility index (Phi) is 6.38. The Morgan fingerprint density at radius 2 is 1.47 bits per heavy atom. The Hall–Kier alpha value is -3.43. The van der Waals surface area contributed by atoms with E-state index in [1.807, 2.05) is 12.1 Å². The van der Waals surface area contributed by atoms with E-state index in [1.165, 1.54) is 12.1 Å². The van der Waals surface area contributed by atoms with Gasteiger partial charge in [0.15, 0.2) is 5.17 Å². The number of thioether (sulfide) groups is 1. The van der Waals surface area contributed by atoms with Crippen LogP contribution in [0.5, 0.6) is 0 Å². The average Bonchev–Trinajstić information content (AvgIpc) is 3.10. The van der Waals surface area contributed by atoms with E-state index in [9.17, 15) is 18.0 Å². The minimum atomic E-state index is -4.18. The number of hydrogen-bond donors (Lipinski definition) is 1. The number of benzene rings is 3. The van der Waals surface area contributed by atoms with Gasteiger partial charge in [-0.3, -0.25) is 9.59 Å². The van der Waals surface area contributed by atoms with Gasteiger partial charge in [0.1, 0.15) is 5.25 Å². The van der Waals surface area contributed by atoms with Gasteiger partial charge in [0.05, 0.1) is 10.6 Å². The predicted octanol–water partition coefficient (Wildman–Crippen LogP) is 4.04. The van der Waals surface area contributed by atoms with E-state index in [1.54, 1.807) is 66.7 Å². The van der Waals surface area contributed by atoms with E-state index in [0.29, 0.717) is 15.7 Å². The van der Waals surface area contributed by atoms with Crippen molar-refractivity contribution in [3.8, 4) is 0 Å². The molecule has 32 heavy (non-hydrogen) atoms. The number of nitrogens with zero attached hydrogens (tertiary/aromatic N) is 2. The van der Waals surface area contributed by atoms with Crippen LogP contribution in [-0.4, -0.2) is 35.0 Å². The second kappa shape index (κ2) is 9.37. The molecule has 0 radical (unpaired) electrons. The molecule has 2 amide bonds. The van der Waals surface area contributed by atoms with Gasteiger partial charge in [-0.25, -0.2) is 13.4 Å². The largest absolute Gasteiger partial charge is 0.326 e. The minimum absolute atomic E-state index is 0.0163. The van der Waals surface area contributed by atoms with Gasteiger partial charge in [-0.2, -0.15) is 4.31 Å². The van der Waals surface area contributed by atoms with Gasteiger partial charge in [0, 0.05) is 12.1 Å². The SMILES string of the molecule is O=C(CC1SC(=Nc2ccccc2)N(S(=O)(=O)c2ccccc2)C1=O)Nc1ccccc1. The molecule has 1 fully saturated rings. The zero-order valence-corrected chi connectivity index (χ0v) is 18.4. The fraction of sp³-hybridized carbons (Fsp3) is 0.0870. The molecule has 1 heterocycles. The van der Waals surface area contributed by atoms with Crippen LogP contribution in [0.3, 0.4) is 0 Å². The highest BCUT2D eigenvalue weighted by atomic mass is 32.2. The molecule has 1 atom stereocenters. The molecule has 0 spiro atoms. The molecule has 0 saturated carbocycles. The van der Waals surface area contributed by atoms with Crippen LogP contribution in [0.4, 0.5) is 11.4 Å². The zero-order chi connectivity index (χ0) is 22.6. The standard InChI is InChI=1S/C23H19N3O4S2/c27-21(24-17-10-4-1-5-11-17)16-20-22(28)26(32(29,30)19-14-8-3-9-15-19)23(31-20)25-18-12-6-2-7-13-18/h1-15,20H,16H2,(H,24,27). The third-order valence-electron chi connectivity index (χ3n) is 4.59. The maximum Gasteiger partial charge on any atom is 0.272 e. The first kappa shape index (κ1) is 21.8. The summed E-state index contributed by atoms with van der Waals surface area (Å²) in [6.07, 6.45) is -0.187. The van der Waals surface area contributed by atoms with Crippen LogP contribution in [0.1, 0.15) is 6.42 Å². The first-order valence-electron chi connectivity index (χ1n) is 9.75. The lowest BCUT2D eigenvalue weighted by Gasteiger charge is -2.16. The second-order valence-electron chi connectivity index (χ2n) is 6.88. The summed E-state index contributed by atoms with van der Waals surface area (Å²) in [7, 11) is -4.18. The van der Waals surface area contributed by atoms with E-state index in [4.69, 9.17) is 0 Å². The molecular weight excluding hydrogens is 446 g/mol. The molecule has 162 valence electrons. The number of amides is 2. The van der Waals surface area contributed by atoms with E-state index in [2.05, 4.69) is 10.3 Å². The number of carbonyl (C=O) groups is 2. The van der Waals surface area contributed by atoms with Gasteiger partial charge in [-0.05, 0) is 36.4 Å². The number of nitrogens with one attached hydrogen (secondary N) is 1. The quantitative estimate of drug-likeness (QED) is 0.593. The van der Waals surface area contributed by atoms with Gasteiger partial charge in [0.2, 0.25) is 5.91 Å². The summed E-state index contributed by atoms with van der Waals surface area (Å²) < 4.78 is 27.3. The molecule has 1 saturated heterocycles. The van der Waals surface area contributed by atoms with Crippen molar-refractivity contribution in [3.05, 3.63) is 91.0 Å². The Bertz CT molecular complexity index is 1250. The number of carbonyl (C=O) groups excluding carboxylic acids is 2. The number of anilines is 1. The van der Waals surface area contributed by atoms with Gasteiger partial charge in [-0.1, -0.05) is 66.4 Å². The van der Waals surface area contributed by atoms with Crippen molar-refractivity contribution in [1.29, 1.82) is 0 Å². The molecule has 0 bridgehead atoms. The average molecular weight is 466 g/mol. The van der Waals surface area contributed by atoms with Crippen molar-refractivity contribution in [3.63, 3.8) is 0 Å². The summed E-state index contributed by atoms with van der Waals surface area (Å²) >= 11 is 0.969. The van der Waals surface area contributed by atoms with Crippen molar-refractivity contribution in [2.45, 2.75) is 16.6 Å². The van der Waals surface area contributed by atoms with Gasteiger partial charge in [-0.15, -0.1) is 0 Å². The molecule has 0 aromatic heterocycles. The van der Waals surface area contributed by atoms with E-state index >= 15 is 0 Å². The predicted molar refractivity (Wildman–Crippen MR) is 125 cm³/mol. The second-order valence-corrected chi connectivity index (χ2v) is 9.83. The first-order valence-corrected chi connectivity index (χ1v) is 12.1. The Labute approximate surface area is 190 Å². The fourth-order valence-electron chi connectivity index (χ4n) is 3.09. The third kappa shape index (κ3) is 4.74. The van der Waals surface area contributed by atoms with Crippen LogP contribution in [0, 0.1) is 0 Å². The topological polar surface area (TPSA) is 95.9 Å². The van der Waals surface area contributed by atoms with Crippen molar-refractivity contribution >= 4 is 50.1 Å². The molecule has 4 rings (SSSR count). The maximum atomic E-state index is 13.3. The van der Waals surface area contributed by atoms with Crippen molar-refractivity contribution in [2.75, 3.05) is 5.32 Å². The number of sulfonamides is 1. The van der Waals surface area contributed by atoms with Gasteiger partial charge in [0.25, 0.3) is 15.9 Å². The molecule has 1 N–H and O–H groups in total. The molecule has 0 aliphatic carbocycles. The van der Waals surface area contributed by atoms with Crippen molar-refractivity contribution in [2.24, 2.45) is 4.99 Å². The highest BCUT2D eigenvalue weighted by Gasteiger charge is 2.46. The Balaban J connectivity index is 1.64. The first-order chi connectivity index (χ1) is 15.4. The summed E-state index contributed by atoms with van der Waals surface area (Å²) in [6, 6.07) is 25.3. The van der Waals surface area contributed by atoms with Crippen LogP contribution in [0.15, 0.2) is 101 Å². The smallest absolute Gasteiger partial charge is 0.272 e. The molecule has 1 unspecified atom stereocenters. The molecule has 3 aromatic carbocycles. The van der Waals surface area contributed by atoms with Gasteiger partial charge >= 0.3 is 0 Å². The zero-order valence-electron chi connectivity index (χ0n) is 16.8. The number of amidine groups is 1. The van der Waals surface area contributed by atoms with Crippen LogP contribution >= 0.6 is 11.8 Å². The van der Waals surface area contributed by atoms with Crippen LogP contribution in [0.2, 0.25) is 0 Å². The Morgan fingerprint density at radius 3 is 2.09 bits per heavy atom. The van der Waals surface area contributed by atoms with E-state index < -0.39 is 21.2 Å². The summed E-state index contributed by atoms with van der Waals surface area (Å²) in [5, 5.41) is 1.83. The number of hydrogen-bond acceptors (Lipinski definition) is 6. The van der Waals surface area contributed by atoms with E-state index in [0.717, 1.165) is 11.8 Å². The lowest BCUT2D eigenvalue weighted by atomic mass is 10.2. The summed E-state index contributed by atoms with van der Waals surface area (Å²) in [5.74, 6) is -1.09. The molecule has 1 aliphatic heterocycles.